The third-order valence-electron chi connectivity index (χ3n) is 2.68. The molecule has 0 saturated heterocycles. The van der Waals surface area contributed by atoms with Gasteiger partial charge in [0.25, 0.3) is 0 Å². The standard InChI is InChI=1S/C13H14BrClN4/c1-7(2)11-12(16)17-6-18-13(11)19-10-4-3-8(14)5-9(10)15/h3-7H,1-2H3,(H3,16,17,18,19). The van der Waals surface area contributed by atoms with Crippen molar-refractivity contribution >= 4 is 44.9 Å². The fourth-order valence-electron chi connectivity index (χ4n) is 1.80. The number of nitrogen functional groups attached to an aromatic ring is 1. The van der Waals surface area contributed by atoms with Gasteiger partial charge in [-0.15, -0.1) is 0 Å². The van der Waals surface area contributed by atoms with Crippen molar-refractivity contribution in [2.75, 3.05) is 11.1 Å². The number of hydrogen-bond acceptors (Lipinski definition) is 4. The van der Waals surface area contributed by atoms with Crippen LogP contribution in [0.3, 0.4) is 0 Å². The molecule has 100 valence electrons. The van der Waals surface area contributed by atoms with E-state index in [1.165, 1.54) is 6.33 Å². The van der Waals surface area contributed by atoms with Gasteiger partial charge < -0.3 is 11.1 Å². The van der Waals surface area contributed by atoms with E-state index in [0.717, 1.165) is 15.7 Å². The lowest BCUT2D eigenvalue weighted by atomic mass is 10.0. The summed E-state index contributed by atoms with van der Waals surface area (Å²) < 4.78 is 0.925. The molecule has 2 rings (SSSR count). The van der Waals surface area contributed by atoms with E-state index >= 15 is 0 Å². The summed E-state index contributed by atoms with van der Waals surface area (Å²) in [5.74, 6) is 1.39. The summed E-state index contributed by atoms with van der Waals surface area (Å²) >= 11 is 9.56. The molecule has 0 aliphatic carbocycles. The van der Waals surface area contributed by atoms with Gasteiger partial charge in [-0.2, -0.15) is 0 Å². The largest absolute Gasteiger partial charge is 0.383 e. The van der Waals surface area contributed by atoms with Gasteiger partial charge in [-0.3, -0.25) is 0 Å². The van der Waals surface area contributed by atoms with E-state index in [1.807, 2.05) is 32.0 Å². The SMILES string of the molecule is CC(C)c1c(N)ncnc1Nc1ccc(Br)cc1Cl. The van der Waals surface area contributed by atoms with Crippen LogP contribution in [0.5, 0.6) is 0 Å². The monoisotopic (exact) mass is 340 g/mol. The molecule has 1 heterocycles. The minimum atomic E-state index is 0.220. The van der Waals surface area contributed by atoms with Gasteiger partial charge in [-0.1, -0.05) is 41.4 Å². The Morgan fingerprint density at radius 1 is 1.32 bits per heavy atom. The second kappa shape index (κ2) is 5.75. The number of nitrogens with two attached hydrogens (primary N) is 1. The lowest BCUT2D eigenvalue weighted by Gasteiger charge is -2.15. The van der Waals surface area contributed by atoms with Crippen molar-refractivity contribution in [2.45, 2.75) is 19.8 Å². The number of aromatic nitrogens is 2. The molecular weight excluding hydrogens is 328 g/mol. The maximum absolute atomic E-state index is 6.18. The first-order valence-electron chi connectivity index (χ1n) is 5.81. The van der Waals surface area contributed by atoms with Crippen LogP contribution in [0, 0.1) is 0 Å². The Labute approximate surface area is 125 Å². The number of hydrogen-bond donors (Lipinski definition) is 2. The highest BCUT2D eigenvalue weighted by molar-refractivity contribution is 9.10. The number of halogens is 2. The Morgan fingerprint density at radius 3 is 2.68 bits per heavy atom. The summed E-state index contributed by atoms with van der Waals surface area (Å²) in [4.78, 5) is 8.27. The van der Waals surface area contributed by atoms with E-state index in [0.29, 0.717) is 16.7 Å². The lowest BCUT2D eigenvalue weighted by molar-refractivity contribution is 0.855. The summed E-state index contributed by atoms with van der Waals surface area (Å²) in [7, 11) is 0. The smallest absolute Gasteiger partial charge is 0.139 e. The van der Waals surface area contributed by atoms with Crippen molar-refractivity contribution in [3.63, 3.8) is 0 Å². The maximum Gasteiger partial charge on any atom is 0.139 e. The van der Waals surface area contributed by atoms with Crippen LogP contribution in [-0.4, -0.2) is 9.97 Å². The van der Waals surface area contributed by atoms with Crippen LogP contribution in [-0.2, 0) is 0 Å². The molecule has 3 N–H and O–H groups in total. The van der Waals surface area contributed by atoms with Crippen LogP contribution in [0.4, 0.5) is 17.3 Å². The Balaban J connectivity index is 2.41. The summed E-state index contributed by atoms with van der Waals surface area (Å²) in [6.45, 7) is 4.09. The fraction of sp³-hybridized carbons (Fsp3) is 0.231. The molecule has 0 atom stereocenters. The van der Waals surface area contributed by atoms with Gasteiger partial charge >= 0.3 is 0 Å². The molecule has 6 heteroatoms. The molecule has 0 saturated carbocycles. The molecular formula is C13H14BrClN4. The minimum Gasteiger partial charge on any atom is -0.383 e. The van der Waals surface area contributed by atoms with Gasteiger partial charge in [0, 0.05) is 10.0 Å². The highest BCUT2D eigenvalue weighted by Crippen LogP contribution is 2.32. The molecule has 0 spiro atoms. The van der Waals surface area contributed by atoms with E-state index in [-0.39, 0.29) is 5.92 Å². The van der Waals surface area contributed by atoms with Crippen molar-refractivity contribution in [1.82, 2.24) is 9.97 Å². The Kier molecular flexibility index (Phi) is 4.27. The van der Waals surface area contributed by atoms with Crippen LogP contribution in [0.1, 0.15) is 25.3 Å². The zero-order chi connectivity index (χ0) is 14.0. The highest BCUT2D eigenvalue weighted by atomic mass is 79.9. The summed E-state index contributed by atoms with van der Waals surface area (Å²) in [5, 5.41) is 3.82. The van der Waals surface area contributed by atoms with Gasteiger partial charge in [-0.25, -0.2) is 9.97 Å². The van der Waals surface area contributed by atoms with Crippen LogP contribution < -0.4 is 11.1 Å². The molecule has 0 aliphatic heterocycles. The Hall–Kier alpha value is -1.33. The number of benzene rings is 1. The first kappa shape index (κ1) is 14.1. The molecule has 0 bridgehead atoms. The molecule has 0 aliphatic rings. The summed E-state index contributed by atoms with van der Waals surface area (Å²) in [5.41, 5.74) is 7.58. The molecule has 0 fully saturated rings. The Bertz CT molecular complexity index is 601. The average molecular weight is 342 g/mol. The highest BCUT2D eigenvalue weighted by Gasteiger charge is 2.14. The molecule has 1 aromatic carbocycles. The second-order valence-corrected chi connectivity index (χ2v) is 5.75. The van der Waals surface area contributed by atoms with Gasteiger partial charge in [0.1, 0.15) is 18.0 Å². The van der Waals surface area contributed by atoms with Crippen molar-refractivity contribution in [1.29, 1.82) is 0 Å². The van der Waals surface area contributed by atoms with Crippen LogP contribution in [0.2, 0.25) is 5.02 Å². The topological polar surface area (TPSA) is 63.8 Å². The van der Waals surface area contributed by atoms with Crippen molar-refractivity contribution in [2.24, 2.45) is 0 Å². The van der Waals surface area contributed by atoms with Gasteiger partial charge in [0.05, 0.1) is 10.7 Å². The zero-order valence-electron chi connectivity index (χ0n) is 10.6. The number of nitrogens with one attached hydrogen (secondary N) is 1. The normalized spacial score (nSPS) is 10.8. The molecule has 4 nitrogen and oxygen atoms in total. The van der Waals surface area contributed by atoms with E-state index in [4.69, 9.17) is 17.3 Å². The first-order valence-corrected chi connectivity index (χ1v) is 6.98. The van der Waals surface area contributed by atoms with Crippen LogP contribution in [0.15, 0.2) is 29.0 Å². The Morgan fingerprint density at radius 2 is 2.05 bits per heavy atom. The lowest BCUT2D eigenvalue weighted by Crippen LogP contribution is -2.06. The molecule has 1 aromatic heterocycles. The number of nitrogens with zero attached hydrogens (tertiary/aromatic N) is 2. The number of rotatable bonds is 3. The summed E-state index contributed by atoms with van der Waals surface area (Å²) in [6, 6.07) is 5.62. The van der Waals surface area contributed by atoms with Crippen LogP contribution >= 0.6 is 27.5 Å². The average Bonchev–Trinajstić information content (AvgIpc) is 2.32. The fourth-order valence-corrected chi connectivity index (χ4v) is 2.52. The van der Waals surface area contributed by atoms with E-state index in [2.05, 4.69) is 31.2 Å². The molecule has 0 unspecified atom stereocenters. The van der Waals surface area contributed by atoms with Gasteiger partial charge in [0.15, 0.2) is 0 Å². The zero-order valence-corrected chi connectivity index (χ0v) is 13.0. The van der Waals surface area contributed by atoms with E-state index < -0.39 is 0 Å². The number of anilines is 3. The maximum atomic E-state index is 6.18. The molecule has 19 heavy (non-hydrogen) atoms. The molecule has 0 amide bonds. The first-order chi connectivity index (χ1) is 8.99. The third-order valence-corrected chi connectivity index (χ3v) is 3.48. The second-order valence-electron chi connectivity index (χ2n) is 4.43. The van der Waals surface area contributed by atoms with Gasteiger partial charge in [0.2, 0.25) is 0 Å². The minimum absolute atomic E-state index is 0.220. The van der Waals surface area contributed by atoms with Crippen molar-refractivity contribution < 1.29 is 0 Å². The summed E-state index contributed by atoms with van der Waals surface area (Å²) in [6.07, 6.45) is 1.44. The molecule has 0 radical (unpaired) electrons. The predicted octanol–water partition coefficient (Wildman–Crippen LogP) is 4.34. The predicted molar refractivity (Wildman–Crippen MR) is 83.0 cm³/mol. The molecule has 2 aromatic rings. The third kappa shape index (κ3) is 3.16. The van der Waals surface area contributed by atoms with Crippen LogP contribution in [0.25, 0.3) is 0 Å². The van der Waals surface area contributed by atoms with Crippen molar-refractivity contribution in [3.8, 4) is 0 Å². The quantitative estimate of drug-likeness (QED) is 0.871. The van der Waals surface area contributed by atoms with E-state index in [1.54, 1.807) is 0 Å². The van der Waals surface area contributed by atoms with Crippen molar-refractivity contribution in [3.05, 3.63) is 39.6 Å². The van der Waals surface area contributed by atoms with Gasteiger partial charge in [-0.05, 0) is 24.1 Å². The van der Waals surface area contributed by atoms with E-state index in [9.17, 15) is 0 Å².